The first-order chi connectivity index (χ1) is 11.3. The van der Waals surface area contributed by atoms with Crippen LogP contribution in [0.5, 0.6) is 0 Å². The number of hydrogen-bond acceptors (Lipinski definition) is 4. The van der Waals surface area contributed by atoms with Crippen LogP contribution in [-0.4, -0.2) is 39.3 Å². The average Bonchev–Trinajstić information content (AvgIpc) is 3.00. The summed E-state index contributed by atoms with van der Waals surface area (Å²) in [7, 11) is 0. The first-order valence-corrected chi connectivity index (χ1v) is 8.70. The minimum Gasteiger partial charge on any atom is -0.312 e. The van der Waals surface area contributed by atoms with Crippen LogP contribution in [0.2, 0.25) is 0 Å². The Morgan fingerprint density at radius 1 is 1.17 bits per heavy atom. The van der Waals surface area contributed by atoms with Gasteiger partial charge >= 0.3 is 0 Å². The molecule has 2 aliphatic rings. The van der Waals surface area contributed by atoms with Gasteiger partial charge in [-0.3, -0.25) is 4.90 Å². The molecule has 1 aromatic carbocycles. The van der Waals surface area contributed by atoms with Crippen LogP contribution in [0.25, 0.3) is 0 Å². The summed E-state index contributed by atoms with van der Waals surface area (Å²) >= 11 is 0. The minimum atomic E-state index is 0.572. The summed E-state index contributed by atoms with van der Waals surface area (Å²) in [4.78, 5) is 2.57. The molecule has 4 rings (SSSR count). The van der Waals surface area contributed by atoms with Crippen molar-refractivity contribution >= 4 is 0 Å². The highest BCUT2D eigenvalue weighted by Crippen LogP contribution is 2.28. The van der Waals surface area contributed by atoms with Crippen molar-refractivity contribution in [2.45, 2.75) is 45.3 Å². The van der Waals surface area contributed by atoms with E-state index in [1.54, 1.807) is 0 Å². The van der Waals surface area contributed by atoms with Gasteiger partial charge in [0.25, 0.3) is 0 Å². The summed E-state index contributed by atoms with van der Waals surface area (Å²) in [5, 5.41) is 12.2. The monoisotopic (exact) mass is 311 g/mol. The Morgan fingerprint density at radius 3 is 2.87 bits per heavy atom. The number of aromatic nitrogens is 3. The van der Waals surface area contributed by atoms with E-state index in [0.29, 0.717) is 5.92 Å². The molecule has 1 fully saturated rings. The van der Waals surface area contributed by atoms with Gasteiger partial charge in [-0.1, -0.05) is 29.8 Å². The van der Waals surface area contributed by atoms with E-state index in [2.05, 4.69) is 56.2 Å². The number of aryl methyl sites for hydroxylation is 1. The van der Waals surface area contributed by atoms with Gasteiger partial charge in [0, 0.05) is 25.6 Å². The number of benzene rings is 1. The molecule has 0 spiro atoms. The van der Waals surface area contributed by atoms with Gasteiger partial charge in [-0.2, -0.15) is 0 Å². The molecule has 0 atom stereocenters. The van der Waals surface area contributed by atoms with Crippen molar-refractivity contribution in [1.82, 2.24) is 25.0 Å². The van der Waals surface area contributed by atoms with E-state index in [4.69, 9.17) is 0 Å². The van der Waals surface area contributed by atoms with Crippen molar-refractivity contribution < 1.29 is 0 Å². The summed E-state index contributed by atoms with van der Waals surface area (Å²) in [6, 6.07) is 8.86. The maximum atomic E-state index is 4.50. The molecule has 23 heavy (non-hydrogen) atoms. The highest BCUT2D eigenvalue weighted by molar-refractivity contribution is 5.22. The lowest BCUT2D eigenvalue weighted by Gasteiger charge is -2.32. The van der Waals surface area contributed by atoms with Crippen LogP contribution in [0.15, 0.2) is 24.3 Å². The molecule has 2 aliphatic heterocycles. The molecular weight excluding hydrogens is 286 g/mol. The number of fused-ring (bicyclic) bond motifs is 1. The van der Waals surface area contributed by atoms with Crippen LogP contribution >= 0.6 is 0 Å². The van der Waals surface area contributed by atoms with Crippen LogP contribution in [0.4, 0.5) is 0 Å². The van der Waals surface area contributed by atoms with Crippen LogP contribution in [0.1, 0.15) is 41.5 Å². The zero-order valence-corrected chi connectivity index (χ0v) is 13.8. The van der Waals surface area contributed by atoms with Crippen LogP contribution in [0.3, 0.4) is 0 Å². The van der Waals surface area contributed by atoms with E-state index >= 15 is 0 Å². The largest absolute Gasteiger partial charge is 0.312 e. The summed E-state index contributed by atoms with van der Waals surface area (Å²) in [6.45, 7) is 8.44. The number of nitrogens with zero attached hydrogens (tertiary/aromatic N) is 4. The molecule has 1 N–H and O–H groups in total. The lowest BCUT2D eigenvalue weighted by atomic mass is 9.95. The molecule has 5 nitrogen and oxygen atoms in total. The zero-order chi connectivity index (χ0) is 15.6. The zero-order valence-electron chi connectivity index (χ0n) is 13.8. The second-order valence-electron chi connectivity index (χ2n) is 6.84. The fourth-order valence-electron chi connectivity index (χ4n) is 3.83. The van der Waals surface area contributed by atoms with E-state index < -0.39 is 0 Å². The number of piperidine rings is 1. The third kappa shape index (κ3) is 3.16. The number of rotatable bonds is 3. The Hall–Kier alpha value is -1.72. The first-order valence-electron chi connectivity index (χ1n) is 8.70. The van der Waals surface area contributed by atoms with Crippen LogP contribution in [-0.2, 0) is 19.6 Å². The molecule has 5 heteroatoms. The van der Waals surface area contributed by atoms with Gasteiger partial charge in [0.2, 0.25) is 0 Å². The van der Waals surface area contributed by atoms with Gasteiger partial charge < -0.3 is 9.88 Å². The van der Waals surface area contributed by atoms with Crippen molar-refractivity contribution in [3.05, 3.63) is 47.0 Å². The fourth-order valence-corrected chi connectivity index (χ4v) is 3.83. The third-order valence-corrected chi connectivity index (χ3v) is 5.09. The quantitative estimate of drug-likeness (QED) is 0.942. The molecule has 0 saturated carbocycles. The van der Waals surface area contributed by atoms with Gasteiger partial charge in [-0.25, -0.2) is 0 Å². The van der Waals surface area contributed by atoms with E-state index in [-0.39, 0.29) is 0 Å². The van der Waals surface area contributed by atoms with Crippen molar-refractivity contribution in [2.24, 2.45) is 0 Å². The Kier molecular flexibility index (Phi) is 4.14. The summed E-state index contributed by atoms with van der Waals surface area (Å²) in [6.07, 6.45) is 2.38. The molecule has 0 bridgehead atoms. The number of hydrogen-bond donors (Lipinski definition) is 1. The Bertz CT molecular complexity index is 670. The lowest BCUT2D eigenvalue weighted by Crippen LogP contribution is -2.34. The van der Waals surface area contributed by atoms with Gasteiger partial charge in [-0.05, 0) is 38.4 Å². The number of nitrogens with one attached hydrogen (secondary N) is 1. The maximum Gasteiger partial charge on any atom is 0.147 e. The van der Waals surface area contributed by atoms with Crippen LogP contribution in [0, 0.1) is 6.92 Å². The molecule has 122 valence electrons. The van der Waals surface area contributed by atoms with Gasteiger partial charge in [-0.15, -0.1) is 10.2 Å². The molecule has 1 aromatic heterocycles. The van der Waals surface area contributed by atoms with Crippen molar-refractivity contribution in [3.8, 4) is 0 Å². The smallest absolute Gasteiger partial charge is 0.147 e. The van der Waals surface area contributed by atoms with Gasteiger partial charge in [0.05, 0.1) is 6.54 Å². The lowest BCUT2D eigenvalue weighted by molar-refractivity contribution is 0.199. The Balaban J connectivity index is 1.38. The second-order valence-corrected chi connectivity index (χ2v) is 6.84. The molecule has 2 aromatic rings. The first kappa shape index (κ1) is 14.8. The van der Waals surface area contributed by atoms with E-state index in [0.717, 1.165) is 45.1 Å². The molecule has 3 heterocycles. The van der Waals surface area contributed by atoms with Gasteiger partial charge in [0.15, 0.2) is 0 Å². The van der Waals surface area contributed by atoms with Crippen molar-refractivity contribution in [3.63, 3.8) is 0 Å². The number of likely N-dealkylation sites (tertiary alicyclic amines) is 1. The Labute approximate surface area is 137 Å². The van der Waals surface area contributed by atoms with Gasteiger partial charge in [0.1, 0.15) is 11.6 Å². The van der Waals surface area contributed by atoms with Crippen LogP contribution < -0.4 is 5.32 Å². The predicted octanol–water partition coefficient (Wildman–Crippen LogP) is 2.07. The predicted molar refractivity (Wildman–Crippen MR) is 90.2 cm³/mol. The Morgan fingerprint density at radius 2 is 2.04 bits per heavy atom. The SMILES string of the molecule is Cc1cccc(CN2CCC(c3nnc4n3CCNC4)CC2)c1. The minimum absolute atomic E-state index is 0.572. The van der Waals surface area contributed by atoms with E-state index in [1.807, 2.05) is 0 Å². The molecule has 0 aliphatic carbocycles. The average molecular weight is 311 g/mol. The standard InChI is InChI=1S/C18H25N5/c1-14-3-2-4-15(11-14)13-22-8-5-16(6-9-22)18-21-20-17-12-19-7-10-23(17)18/h2-4,11,16,19H,5-10,12-13H2,1H3. The summed E-state index contributed by atoms with van der Waals surface area (Å²) in [5.41, 5.74) is 2.77. The molecular formula is C18H25N5. The molecule has 0 unspecified atom stereocenters. The van der Waals surface area contributed by atoms with Crippen molar-refractivity contribution in [1.29, 1.82) is 0 Å². The van der Waals surface area contributed by atoms with E-state index in [1.165, 1.54) is 29.8 Å². The second kappa shape index (κ2) is 6.42. The molecule has 0 radical (unpaired) electrons. The highest BCUT2D eigenvalue weighted by Gasteiger charge is 2.26. The summed E-state index contributed by atoms with van der Waals surface area (Å²) in [5.74, 6) is 2.90. The molecule has 0 amide bonds. The summed E-state index contributed by atoms with van der Waals surface area (Å²) < 4.78 is 2.34. The normalized spacial score (nSPS) is 19.7. The molecule has 1 saturated heterocycles. The fraction of sp³-hybridized carbons (Fsp3) is 0.556. The highest BCUT2D eigenvalue weighted by atomic mass is 15.3. The topological polar surface area (TPSA) is 46.0 Å². The van der Waals surface area contributed by atoms with E-state index in [9.17, 15) is 0 Å². The maximum absolute atomic E-state index is 4.50. The van der Waals surface area contributed by atoms with Crippen molar-refractivity contribution in [2.75, 3.05) is 19.6 Å². The third-order valence-electron chi connectivity index (χ3n) is 5.09.